The number of phenols is 1. The van der Waals surface area contributed by atoms with Crippen LogP contribution in [0.1, 0.15) is 30.5 Å². The average molecular weight is 646 g/mol. The summed E-state index contributed by atoms with van der Waals surface area (Å²) in [5.41, 5.74) is 5.05. The molecule has 3 aromatic carbocycles. The molecular formula is C29H28N3O2Pt-. The summed E-state index contributed by atoms with van der Waals surface area (Å²) in [6, 6.07) is 24.8. The zero-order chi connectivity index (χ0) is 23.8. The van der Waals surface area contributed by atoms with Crippen molar-refractivity contribution in [1.29, 1.82) is 0 Å². The molecule has 35 heavy (non-hydrogen) atoms. The van der Waals surface area contributed by atoms with Gasteiger partial charge in [0.1, 0.15) is 11.3 Å². The van der Waals surface area contributed by atoms with Crippen molar-refractivity contribution in [2.24, 2.45) is 10.9 Å². The zero-order valence-electron chi connectivity index (χ0n) is 20.2. The third kappa shape index (κ3) is 4.97. The molecule has 2 heterocycles. The van der Waals surface area contributed by atoms with Gasteiger partial charge in [-0.25, -0.2) is 4.98 Å². The average Bonchev–Trinajstić information content (AvgIpc) is 3.25. The van der Waals surface area contributed by atoms with E-state index in [1.54, 1.807) is 18.2 Å². The number of benzene rings is 3. The van der Waals surface area contributed by atoms with Gasteiger partial charge in [0.15, 0.2) is 0 Å². The molecule has 4 aromatic rings. The molecule has 0 spiro atoms. The molecule has 0 fully saturated rings. The normalized spacial score (nSPS) is 15.3. The first kappa shape index (κ1) is 24.9. The Balaban J connectivity index is 0.00000289. The van der Waals surface area contributed by atoms with Crippen LogP contribution in [0.4, 0.5) is 5.69 Å². The molecule has 5 rings (SSSR count). The maximum Gasteiger partial charge on any atom is 0.217 e. The number of hydrogen-bond acceptors (Lipinski definition) is 5. The van der Waals surface area contributed by atoms with Gasteiger partial charge in [0.25, 0.3) is 0 Å². The molecule has 0 unspecified atom stereocenters. The second-order valence-electron chi connectivity index (χ2n) is 9.14. The van der Waals surface area contributed by atoms with Gasteiger partial charge < -0.3 is 19.7 Å². The quantitative estimate of drug-likeness (QED) is 0.254. The van der Waals surface area contributed by atoms with E-state index in [0.29, 0.717) is 23.1 Å². The SMILES string of the molecule is Cc1cccc(C)c1N1C[C@H](C(C)C)N=C1c1[c-]c(Oc2ccc3cccc(O)c3n2)ccc1.[Pt]. The van der Waals surface area contributed by atoms with Crippen LogP contribution >= 0.6 is 0 Å². The number of aromatic nitrogens is 1. The van der Waals surface area contributed by atoms with Gasteiger partial charge in [-0.2, -0.15) is 0 Å². The third-order valence-corrected chi connectivity index (χ3v) is 6.29. The van der Waals surface area contributed by atoms with Gasteiger partial charge >= 0.3 is 0 Å². The summed E-state index contributed by atoms with van der Waals surface area (Å²) in [5, 5.41) is 11.0. The first-order chi connectivity index (χ1) is 16.4. The molecular weight excluding hydrogens is 617 g/mol. The monoisotopic (exact) mass is 645 g/mol. The van der Waals surface area contributed by atoms with Crippen molar-refractivity contribution < 1.29 is 30.9 Å². The standard InChI is InChI=1S/C29H28N3O2.Pt/c1-18(2)24-17-32(28-19(3)8-5-9-20(28)4)29(30-24)22-11-6-12-23(16-22)34-26-15-14-21-10-7-13-25(33)27(21)31-26;/h5-15,18,24,33H,17H2,1-4H3;/q-1;/t24-;/m1./s1. The number of phenolic OH excluding ortho intramolecular Hbond substituents is 1. The number of aryl methyl sites for hydroxylation is 2. The van der Waals surface area contributed by atoms with Gasteiger partial charge in [-0.1, -0.05) is 50.2 Å². The fourth-order valence-corrected chi connectivity index (χ4v) is 4.47. The Bertz CT molecular complexity index is 1380. The van der Waals surface area contributed by atoms with Crippen molar-refractivity contribution in [2.45, 2.75) is 33.7 Å². The minimum atomic E-state index is 0. The maximum atomic E-state index is 10.2. The molecule has 182 valence electrons. The number of aliphatic imine (C=N–C) groups is 1. The van der Waals surface area contributed by atoms with Gasteiger partial charge in [0.2, 0.25) is 5.88 Å². The second kappa shape index (κ2) is 10.2. The Hall–Kier alpha value is -3.17. The number of para-hydroxylation sites is 2. The van der Waals surface area contributed by atoms with Crippen molar-refractivity contribution in [1.82, 2.24) is 4.98 Å². The molecule has 1 aliphatic heterocycles. The van der Waals surface area contributed by atoms with E-state index in [2.05, 4.69) is 61.8 Å². The topological polar surface area (TPSA) is 58.0 Å². The second-order valence-corrected chi connectivity index (χ2v) is 9.14. The minimum Gasteiger partial charge on any atom is -0.506 e. The number of aromatic hydroxyl groups is 1. The largest absolute Gasteiger partial charge is 0.506 e. The Kier molecular flexibility index (Phi) is 7.28. The summed E-state index contributed by atoms with van der Waals surface area (Å²) in [4.78, 5) is 11.9. The van der Waals surface area contributed by atoms with Crippen molar-refractivity contribution in [2.75, 3.05) is 11.4 Å². The van der Waals surface area contributed by atoms with Crippen LogP contribution in [-0.2, 0) is 21.1 Å². The first-order valence-corrected chi connectivity index (χ1v) is 11.6. The van der Waals surface area contributed by atoms with Crippen molar-refractivity contribution in [3.05, 3.63) is 89.5 Å². The van der Waals surface area contributed by atoms with E-state index in [9.17, 15) is 5.11 Å². The summed E-state index contributed by atoms with van der Waals surface area (Å²) in [7, 11) is 0. The molecule has 0 aliphatic carbocycles. The maximum absolute atomic E-state index is 10.2. The Morgan fingerprint density at radius 2 is 1.69 bits per heavy atom. The van der Waals surface area contributed by atoms with Crippen molar-refractivity contribution in [3.63, 3.8) is 0 Å². The van der Waals surface area contributed by atoms with Crippen LogP contribution in [0.3, 0.4) is 0 Å². The van der Waals surface area contributed by atoms with Gasteiger partial charge in [0, 0.05) is 50.5 Å². The van der Waals surface area contributed by atoms with E-state index in [0.717, 1.165) is 23.3 Å². The van der Waals surface area contributed by atoms with E-state index < -0.39 is 0 Å². The number of hydrogen-bond donors (Lipinski definition) is 1. The molecule has 5 nitrogen and oxygen atoms in total. The van der Waals surface area contributed by atoms with Crippen LogP contribution in [0, 0.1) is 25.8 Å². The number of amidine groups is 1. The van der Waals surface area contributed by atoms with Gasteiger partial charge in [-0.05, 0) is 43.0 Å². The van der Waals surface area contributed by atoms with Crippen LogP contribution in [0.25, 0.3) is 10.9 Å². The first-order valence-electron chi connectivity index (χ1n) is 11.6. The smallest absolute Gasteiger partial charge is 0.217 e. The molecule has 6 heteroatoms. The third-order valence-electron chi connectivity index (χ3n) is 6.29. The van der Waals surface area contributed by atoms with E-state index in [-0.39, 0.29) is 32.9 Å². The van der Waals surface area contributed by atoms with Crippen LogP contribution in [0.15, 0.2) is 71.7 Å². The molecule has 0 saturated carbocycles. The Morgan fingerprint density at radius 3 is 2.43 bits per heavy atom. The van der Waals surface area contributed by atoms with Crippen LogP contribution < -0.4 is 9.64 Å². The van der Waals surface area contributed by atoms with Crippen LogP contribution in [0.5, 0.6) is 17.4 Å². The predicted molar refractivity (Wildman–Crippen MR) is 137 cm³/mol. The predicted octanol–water partition coefficient (Wildman–Crippen LogP) is 6.44. The number of fused-ring (bicyclic) bond motifs is 1. The zero-order valence-corrected chi connectivity index (χ0v) is 22.5. The Morgan fingerprint density at radius 1 is 0.971 bits per heavy atom. The summed E-state index contributed by atoms with van der Waals surface area (Å²) in [6.45, 7) is 9.55. The molecule has 0 amide bonds. The summed E-state index contributed by atoms with van der Waals surface area (Å²) >= 11 is 0. The molecule has 0 saturated heterocycles. The van der Waals surface area contributed by atoms with E-state index in [4.69, 9.17) is 9.73 Å². The number of anilines is 1. The molecule has 0 radical (unpaired) electrons. The fourth-order valence-electron chi connectivity index (χ4n) is 4.47. The number of rotatable bonds is 5. The van der Waals surface area contributed by atoms with Crippen molar-refractivity contribution in [3.8, 4) is 17.4 Å². The van der Waals surface area contributed by atoms with Crippen LogP contribution in [0.2, 0.25) is 0 Å². The number of pyridine rings is 1. The fraction of sp³-hybridized carbons (Fsp3) is 0.241. The van der Waals surface area contributed by atoms with E-state index in [1.165, 1.54) is 16.8 Å². The molecule has 1 aliphatic rings. The molecule has 1 atom stereocenters. The summed E-state index contributed by atoms with van der Waals surface area (Å²) < 4.78 is 6.05. The number of ether oxygens (including phenoxy) is 1. The molecule has 0 bridgehead atoms. The number of nitrogens with zero attached hydrogens (tertiary/aromatic N) is 3. The van der Waals surface area contributed by atoms with Crippen molar-refractivity contribution >= 4 is 22.4 Å². The minimum absolute atomic E-state index is 0. The molecule has 1 N–H and O–H groups in total. The van der Waals surface area contributed by atoms with Crippen LogP contribution in [-0.4, -0.2) is 28.5 Å². The van der Waals surface area contributed by atoms with Gasteiger partial charge in [-0.15, -0.1) is 23.8 Å². The summed E-state index contributed by atoms with van der Waals surface area (Å²) in [6.07, 6.45) is 0. The van der Waals surface area contributed by atoms with E-state index >= 15 is 0 Å². The van der Waals surface area contributed by atoms with Gasteiger partial charge in [-0.3, -0.25) is 0 Å². The summed E-state index contributed by atoms with van der Waals surface area (Å²) in [5.74, 6) is 2.42. The van der Waals surface area contributed by atoms with E-state index in [1.807, 2.05) is 30.3 Å². The Labute approximate surface area is 220 Å². The van der Waals surface area contributed by atoms with Gasteiger partial charge in [0.05, 0.1) is 11.9 Å². The molecule has 1 aromatic heterocycles.